The lowest BCUT2D eigenvalue weighted by atomic mass is 10.3. The summed E-state index contributed by atoms with van der Waals surface area (Å²) in [6.07, 6.45) is 6.33. The molecule has 1 aliphatic heterocycles. The number of fused-ring (bicyclic) bond motifs is 2. The van der Waals surface area contributed by atoms with Crippen LogP contribution < -0.4 is 9.47 Å². The van der Waals surface area contributed by atoms with Gasteiger partial charge in [0.2, 0.25) is 5.52 Å². The van der Waals surface area contributed by atoms with Crippen molar-refractivity contribution in [1.29, 1.82) is 0 Å². The van der Waals surface area contributed by atoms with Crippen molar-refractivity contribution in [3.05, 3.63) is 70.7 Å². The summed E-state index contributed by atoms with van der Waals surface area (Å²) in [5, 5.41) is 1.85. The van der Waals surface area contributed by atoms with E-state index in [0.717, 1.165) is 30.8 Å². The number of anilines is 1. The van der Waals surface area contributed by atoms with Crippen molar-refractivity contribution in [1.82, 2.24) is 0 Å². The highest BCUT2D eigenvalue weighted by Gasteiger charge is 2.24. The fourth-order valence-corrected chi connectivity index (χ4v) is 7.01. The molecular formula is C23H24N2O6S4. The minimum Gasteiger partial charge on any atom is -0.748 e. The van der Waals surface area contributed by atoms with Crippen molar-refractivity contribution in [2.75, 3.05) is 23.0 Å². The lowest BCUT2D eigenvalue weighted by Gasteiger charge is -2.19. The number of rotatable bonds is 10. The van der Waals surface area contributed by atoms with E-state index in [-0.39, 0.29) is 18.6 Å². The molecule has 2 aromatic carbocycles. The Bertz CT molecular complexity index is 1490. The first-order valence-electron chi connectivity index (χ1n) is 10.8. The number of nitrogens with zero attached hydrogens (tertiary/aromatic N) is 2. The average molecular weight is 553 g/mol. The summed E-state index contributed by atoms with van der Waals surface area (Å²) in [4.78, 5) is 3.10. The van der Waals surface area contributed by atoms with E-state index in [0.29, 0.717) is 13.1 Å². The number of aryl methyl sites for hydroxylation is 1. The molecule has 0 amide bonds. The molecule has 35 heavy (non-hydrogen) atoms. The van der Waals surface area contributed by atoms with E-state index in [2.05, 4.69) is 0 Å². The van der Waals surface area contributed by atoms with E-state index < -0.39 is 26.0 Å². The minimum absolute atomic E-state index is 0.228. The molecule has 0 saturated carbocycles. The Balaban J connectivity index is 1.57. The Labute approximate surface area is 213 Å². The minimum atomic E-state index is -4.27. The topological polar surface area (TPSA) is 119 Å². The van der Waals surface area contributed by atoms with Crippen LogP contribution >= 0.6 is 23.1 Å². The number of thiazole rings is 1. The molecule has 3 aromatic rings. The van der Waals surface area contributed by atoms with E-state index in [9.17, 15) is 21.4 Å². The molecule has 0 bridgehead atoms. The van der Waals surface area contributed by atoms with E-state index in [1.54, 1.807) is 23.1 Å². The predicted molar refractivity (Wildman–Crippen MR) is 139 cm³/mol. The summed E-state index contributed by atoms with van der Waals surface area (Å²) in [6.45, 7) is 0.847. The highest BCUT2D eigenvalue weighted by Crippen LogP contribution is 2.45. The van der Waals surface area contributed by atoms with E-state index in [1.807, 2.05) is 76.2 Å². The van der Waals surface area contributed by atoms with E-state index >= 15 is 0 Å². The third-order valence-corrected chi connectivity index (χ3v) is 9.17. The molecule has 0 spiro atoms. The van der Waals surface area contributed by atoms with Crippen LogP contribution in [-0.4, -0.2) is 44.0 Å². The van der Waals surface area contributed by atoms with Crippen LogP contribution in [0.2, 0.25) is 0 Å². The van der Waals surface area contributed by atoms with Crippen LogP contribution in [0.4, 0.5) is 5.69 Å². The molecule has 4 rings (SSSR count). The second kappa shape index (κ2) is 10.8. The van der Waals surface area contributed by atoms with E-state index in [1.165, 1.54) is 0 Å². The standard InChI is InChI=1S/C23H24N2O6S4/c26-34(27,28)16-6-14-24-18-8-1-3-10-20(18)32-22(24)12-5-13-23-25(15-7-17-35(29,30)31)19-9-2-4-11-21(19)33-23/h1-5,8-13H,6-7,14-17H2,(H-,26,27,28,29,30,31). The normalized spacial score (nSPS) is 15.5. The highest BCUT2D eigenvalue weighted by molar-refractivity contribution is 8.03. The van der Waals surface area contributed by atoms with Gasteiger partial charge >= 0.3 is 0 Å². The third-order valence-electron chi connectivity index (χ3n) is 5.31. The van der Waals surface area contributed by atoms with Gasteiger partial charge in [0.25, 0.3) is 15.1 Å². The number of hydrogen-bond donors (Lipinski definition) is 1. The lowest BCUT2D eigenvalue weighted by molar-refractivity contribution is -0.668. The Morgan fingerprint density at radius 2 is 1.74 bits per heavy atom. The Morgan fingerprint density at radius 3 is 2.51 bits per heavy atom. The van der Waals surface area contributed by atoms with Gasteiger partial charge in [-0.1, -0.05) is 53.4 Å². The van der Waals surface area contributed by atoms with Crippen molar-refractivity contribution in [2.45, 2.75) is 24.3 Å². The van der Waals surface area contributed by atoms with Gasteiger partial charge in [0.15, 0.2) is 6.54 Å². The van der Waals surface area contributed by atoms with Gasteiger partial charge in [-0.15, -0.1) is 0 Å². The molecule has 1 aliphatic rings. The molecule has 0 unspecified atom stereocenters. The number of thioether (sulfide) groups is 1. The van der Waals surface area contributed by atoms with Crippen LogP contribution in [0.25, 0.3) is 16.3 Å². The van der Waals surface area contributed by atoms with Gasteiger partial charge in [-0.05, 0) is 30.7 Å². The highest BCUT2D eigenvalue weighted by atomic mass is 32.2. The molecule has 0 atom stereocenters. The monoisotopic (exact) mass is 552 g/mol. The van der Waals surface area contributed by atoms with Gasteiger partial charge in [-0.3, -0.25) is 4.55 Å². The summed E-state index contributed by atoms with van der Waals surface area (Å²) >= 11 is 3.16. The molecule has 8 nitrogen and oxygen atoms in total. The number of hydrogen-bond acceptors (Lipinski definition) is 8. The molecule has 0 fully saturated rings. The maximum atomic E-state index is 11.2. The van der Waals surface area contributed by atoms with Crippen molar-refractivity contribution >= 4 is 65.3 Å². The SMILES string of the molecule is O=S(=O)([O-])CCC[n+]1c(/C=C/C=C2\Sc3ccccc3N2CCCS(=O)(=O)O)sc2ccccc21. The molecule has 0 aliphatic carbocycles. The number of aromatic nitrogens is 1. The van der Waals surface area contributed by atoms with Crippen LogP contribution in [0, 0.1) is 0 Å². The summed E-state index contributed by atoms with van der Waals surface area (Å²) in [5.74, 6) is -0.717. The smallest absolute Gasteiger partial charge is 0.264 e. The fourth-order valence-electron chi connectivity index (χ4n) is 3.83. The lowest BCUT2D eigenvalue weighted by Crippen LogP contribution is -2.35. The largest absolute Gasteiger partial charge is 0.748 e. The molecule has 12 heteroatoms. The van der Waals surface area contributed by atoms with Crippen LogP contribution in [0.3, 0.4) is 0 Å². The molecule has 1 N–H and O–H groups in total. The van der Waals surface area contributed by atoms with Gasteiger partial charge < -0.3 is 9.45 Å². The van der Waals surface area contributed by atoms with Crippen molar-refractivity contribution in [2.24, 2.45) is 0 Å². The summed E-state index contributed by atoms with van der Waals surface area (Å²) in [5.41, 5.74) is 1.96. The second-order valence-electron chi connectivity index (χ2n) is 7.90. The van der Waals surface area contributed by atoms with Crippen molar-refractivity contribution < 1.29 is 30.5 Å². The third kappa shape index (κ3) is 6.93. The molecule has 0 saturated heterocycles. The molecule has 2 heterocycles. The van der Waals surface area contributed by atoms with Crippen molar-refractivity contribution in [3.63, 3.8) is 0 Å². The Hall–Kier alpha value is -2.22. The zero-order valence-corrected chi connectivity index (χ0v) is 21.9. The van der Waals surface area contributed by atoms with Gasteiger partial charge in [0, 0.05) is 35.8 Å². The first-order chi connectivity index (χ1) is 16.6. The molecule has 186 valence electrons. The quantitative estimate of drug-likeness (QED) is 0.297. The Morgan fingerprint density at radius 1 is 1.00 bits per heavy atom. The summed E-state index contributed by atoms with van der Waals surface area (Å²) in [6, 6.07) is 15.7. The first kappa shape index (κ1) is 25.9. The van der Waals surface area contributed by atoms with Crippen LogP contribution in [0.15, 0.2) is 70.6 Å². The maximum Gasteiger partial charge on any atom is 0.264 e. The fraction of sp³-hybridized carbons (Fsp3) is 0.261. The van der Waals surface area contributed by atoms with Gasteiger partial charge in [-0.25, -0.2) is 8.42 Å². The first-order valence-corrected chi connectivity index (χ1v) is 15.7. The molecular weight excluding hydrogens is 529 g/mol. The number of para-hydroxylation sites is 2. The molecule has 0 radical (unpaired) electrons. The van der Waals surface area contributed by atoms with Gasteiger partial charge in [-0.2, -0.15) is 13.0 Å². The van der Waals surface area contributed by atoms with Crippen molar-refractivity contribution in [3.8, 4) is 0 Å². The second-order valence-corrected chi connectivity index (χ2v) is 13.1. The zero-order chi connectivity index (χ0) is 25.1. The zero-order valence-electron chi connectivity index (χ0n) is 18.6. The Kier molecular flexibility index (Phi) is 7.99. The number of allylic oxidation sites excluding steroid dienone is 2. The van der Waals surface area contributed by atoms with Gasteiger partial charge in [0.1, 0.15) is 4.70 Å². The van der Waals surface area contributed by atoms with Gasteiger partial charge in [0.05, 0.1) is 26.6 Å². The van der Waals surface area contributed by atoms with Crippen LogP contribution in [0.1, 0.15) is 17.8 Å². The summed E-state index contributed by atoms with van der Waals surface area (Å²) < 4.78 is 67.6. The molecule has 1 aromatic heterocycles. The average Bonchev–Trinajstić information content (AvgIpc) is 3.30. The predicted octanol–water partition coefficient (Wildman–Crippen LogP) is 3.87. The summed E-state index contributed by atoms with van der Waals surface area (Å²) in [7, 11) is -8.29. The number of benzene rings is 2. The van der Waals surface area contributed by atoms with Crippen LogP contribution in [0.5, 0.6) is 0 Å². The van der Waals surface area contributed by atoms with E-state index in [4.69, 9.17) is 4.55 Å². The van der Waals surface area contributed by atoms with Crippen LogP contribution in [-0.2, 0) is 26.8 Å². The maximum absolute atomic E-state index is 11.2.